The Bertz CT molecular complexity index is 1650. The predicted octanol–water partition coefficient (Wildman–Crippen LogP) is 5.88. The summed E-state index contributed by atoms with van der Waals surface area (Å²) in [5, 5.41) is 10.7. The lowest BCUT2D eigenvalue weighted by Gasteiger charge is -2.31. The molecule has 8 nitrogen and oxygen atoms in total. The van der Waals surface area contributed by atoms with Gasteiger partial charge in [-0.15, -0.1) is 0 Å². The molecule has 43 heavy (non-hydrogen) atoms. The number of fused-ring (bicyclic) bond motifs is 5. The van der Waals surface area contributed by atoms with Crippen molar-refractivity contribution < 1.29 is 23.8 Å². The molecule has 2 aromatic carbocycles. The van der Waals surface area contributed by atoms with Gasteiger partial charge in [0.1, 0.15) is 18.5 Å². The fourth-order valence-corrected chi connectivity index (χ4v) is 6.57. The number of benzene rings is 2. The monoisotopic (exact) mass is 584 g/mol. The second kappa shape index (κ2) is 12.2. The third kappa shape index (κ3) is 5.86. The average molecular weight is 585 g/mol. The number of amides is 1. The van der Waals surface area contributed by atoms with E-state index in [2.05, 4.69) is 9.55 Å². The number of carboxylic acid groups (broad SMARTS) is 1. The van der Waals surface area contributed by atoms with E-state index in [1.807, 2.05) is 60.3 Å². The highest BCUT2D eigenvalue weighted by molar-refractivity contribution is 5.98. The number of hydrogen-bond donors (Lipinski definition) is 1. The lowest BCUT2D eigenvalue weighted by Crippen LogP contribution is -2.40. The number of nitrogens with zero attached hydrogens (tertiary/aromatic N) is 4. The number of carboxylic acids is 1. The van der Waals surface area contributed by atoms with Crippen molar-refractivity contribution in [3.8, 4) is 17.0 Å². The summed E-state index contributed by atoms with van der Waals surface area (Å²) in [5.74, 6) is -0.620. The van der Waals surface area contributed by atoms with E-state index in [-0.39, 0.29) is 23.9 Å². The van der Waals surface area contributed by atoms with Crippen LogP contribution in [0.5, 0.6) is 5.75 Å². The van der Waals surface area contributed by atoms with E-state index < -0.39 is 12.1 Å². The molecule has 2 aromatic heterocycles. The Morgan fingerprint density at radius 2 is 1.84 bits per heavy atom. The molecule has 1 fully saturated rings. The summed E-state index contributed by atoms with van der Waals surface area (Å²) in [6.45, 7) is 1.94. The Labute approximate surface area is 250 Å². The van der Waals surface area contributed by atoms with Crippen molar-refractivity contribution >= 4 is 22.8 Å². The molecule has 6 rings (SSSR count). The van der Waals surface area contributed by atoms with Crippen LogP contribution in [0.2, 0.25) is 0 Å². The van der Waals surface area contributed by atoms with Gasteiger partial charge >= 0.3 is 5.97 Å². The molecule has 0 spiro atoms. The summed E-state index contributed by atoms with van der Waals surface area (Å²) in [6.07, 6.45) is 5.56. The summed E-state index contributed by atoms with van der Waals surface area (Å²) in [4.78, 5) is 33.2. The molecule has 0 bridgehead atoms. The summed E-state index contributed by atoms with van der Waals surface area (Å²) in [5.41, 5.74) is 5.62. The Morgan fingerprint density at radius 1 is 1.05 bits per heavy atom. The largest absolute Gasteiger partial charge is 0.489 e. The zero-order valence-electron chi connectivity index (χ0n) is 24.6. The van der Waals surface area contributed by atoms with Gasteiger partial charge in [-0.2, -0.15) is 0 Å². The summed E-state index contributed by atoms with van der Waals surface area (Å²) >= 11 is 0. The molecule has 1 saturated carbocycles. The van der Waals surface area contributed by atoms with Crippen LogP contribution < -0.4 is 4.74 Å². The maximum absolute atomic E-state index is 15.7. The van der Waals surface area contributed by atoms with Gasteiger partial charge in [0.05, 0.1) is 17.8 Å². The first-order chi connectivity index (χ1) is 20.8. The smallest absolute Gasteiger partial charge is 0.335 e. The fraction of sp³-hybridized carbons (Fsp3) is 0.382. The first-order valence-electron chi connectivity index (χ1n) is 14.9. The molecule has 224 valence electrons. The molecule has 9 heteroatoms. The molecule has 0 radical (unpaired) electrons. The summed E-state index contributed by atoms with van der Waals surface area (Å²) in [7, 11) is 3.74. The maximum atomic E-state index is 15.7. The van der Waals surface area contributed by atoms with Crippen LogP contribution in [-0.4, -0.2) is 69.7 Å². The van der Waals surface area contributed by atoms with E-state index in [9.17, 15) is 14.7 Å². The number of ether oxygens (including phenoxy) is 1. The first kappa shape index (κ1) is 28.9. The molecular weight excluding hydrogens is 547 g/mol. The number of carbonyl (C=O) groups is 2. The second-order valence-electron chi connectivity index (χ2n) is 11.9. The van der Waals surface area contributed by atoms with Gasteiger partial charge in [0.25, 0.3) is 0 Å². The number of halogens is 1. The Kier molecular flexibility index (Phi) is 8.17. The number of alkyl halides is 1. The molecule has 2 atom stereocenters. The molecule has 3 heterocycles. The number of aromatic carboxylic acids is 1. The fourth-order valence-electron chi connectivity index (χ4n) is 6.57. The van der Waals surface area contributed by atoms with Gasteiger partial charge in [0.2, 0.25) is 5.91 Å². The minimum absolute atomic E-state index is 0.00141. The van der Waals surface area contributed by atoms with E-state index in [0.29, 0.717) is 38.4 Å². The number of aromatic nitrogens is 2. The van der Waals surface area contributed by atoms with Crippen LogP contribution in [0.4, 0.5) is 4.39 Å². The van der Waals surface area contributed by atoms with Crippen molar-refractivity contribution in [2.24, 2.45) is 0 Å². The predicted molar refractivity (Wildman–Crippen MR) is 163 cm³/mol. The topological polar surface area (TPSA) is 87.9 Å². The first-order valence-corrected chi connectivity index (χ1v) is 14.9. The zero-order chi connectivity index (χ0) is 30.1. The third-order valence-corrected chi connectivity index (χ3v) is 8.65. The van der Waals surface area contributed by atoms with Gasteiger partial charge in [0, 0.05) is 54.4 Å². The van der Waals surface area contributed by atoms with Crippen LogP contribution >= 0.6 is 0 Å². The van der Waals surface area contributed by atoms with Crippen LogP contribution in [0.3, 0.4) is 0 Å². The van der Waals surface area contributed by atoms with Crippen LogP contribution in [0, 0.1) is 0 Å². The Morgan fingerprint density at radius 3 is 2.58 bits per heavy atom. The molecule has 1 aliphatic heterocycles. The second-order valence-corrected chi connectivity index (χ2v) is 11.9. The SMILES string of the molecule is CN(C)CC(=O)N1CCn2c(c([C@H]3CCCC[C@@H]3F)c3ccc(C(=O)O)cc32)-c2ccc(OCc3ccncc3)cc2C1. The normalized spacial score (nSPS) is 18.6. The number of hydrogen-bond acceptors (Lipinski definition) is 5. The quantitative estimate of drug-likeness (QED) is 0.292. The highest BCUT2D eigenvalue weighted by Crippen LogP contribution is 2.47. The van der Waals surface area contributed by atoms with Crippen molar-refractivity contribution in [1.82, 2.24) is 19.4 Å². The highest BCUT2D eigenvalue weighted by atomic mass is 19.1. The Balaban J connectivity index is 1.53. The minimum atomic E-state index is -1.01. The van der Waals surface area contributed by atoms with Crippen molar-refractivity contribution in [2.75, 3.05) is 27.2 Å². The maximum Gasteiger partial charge on any atom is 0.335 e. The van der Waals surface area contributed by atoms with Crippen molar-refractivity contribution in [3.63, 3.8) is 0 Å². The van der Waals surface area contributed by atoms with Crippen molar-refractivity contribution in [2.45, 2.75) is 57.5 Å². The number of carbonyl (C=O) groups excluding carboxylic acids is 1. The lowest BCUT2D eigenvalue weighted by molar-refractivity contribution is -0.132. The number of likely N-dealkylation sites (N-methyl/N-ethyl adjacent to an activating group) is 1. The molecular formula is C34H37FN4O4. The highest BCUT2D eigenvalue weighted by Gasteiger charge is 2.34. The van der Waals surface area contributed by atoms with E-state index in [0.717, 1.165) is 58.1 Å². The molecule has 2 aliphatic rings. The summed E-state index contributed by atoms with van der Waals surface area (Å²) in [6, 6.07) is 14.9. The number of pyridine rings is 1. The molecule has 1 aliphatic carbocycles. The van der Waals surface area contributed by atoms with E-state index >= 15 is 4.39 Å². The van der Waals surface area contributed by atoms with Gasteiger partial charge in [0.15, 0.2) is 0 Å². The van der Waals surface area contributed by atoms with Crippen LogP contribution in [0.25, 0.3) is 22.2 Å². The van der Waals surface area contributed by atoms with Gasteiger partial charge in [-0.25, -0.2) is 9.18 Å². The van der Waals surface area contributed by atoms with Crippen LogP contribution in [-0.2, 0) is 24.5 Å². The van der Waals surface area contributed by atoms with E-state index in [1.54, 1.807) is 24.5 Å². The molecule has 1 amide bonds. The summed E-state index contributed by atoms with van der Waals surface area (Å²) < 4.78 is 24.0. The average Bonchev–Trinajstić information content (AvgIpc) is 3.29. The third-order valence-electron chi connectivity index (χ3n) is 8.65. The number of rotatable bonds is 7. The molecule has 4 aromatic rings. The Hall–Kier alpha value is -4.24. The molecule has 1 N–H and O–H groups in total. The van der Waals surface area contributed by atoms with Gasteiger partial charge in [-0.3, -0.25) is 9.78 Å². The van der Waals surface area contributed by atoms with Crippen LogP contribution in [0.15, 0.2) is 60.9 Å². The van der Waals surface area contributed by atoms with Crippen LogP contribution in [0.1, 0.15) is 58.6 Å². The van der Waals surface area contributed by atoms with Crippen molar-refractivity contribution in [1.29, 1.82) is 0 Å². The molecule has 0 unspecified atom stereocenters. The van der Waals surface area contributed by atoms with E-state index in [4.69, 9.17) is 4.74 Å². The minimum Gasteiger partial charge on any atom is -0.489 e. The zero-order valence-corrected chi connectivity index (χ0v) is 24.6. The van der Waals surface area contributed by atoms with Gasteiger partial charge in [-0.05, 0) is 86.1 Å². The molecule has 0 saturated heterocycles. The van der Waals surface area contributed by atoms with Gasteiger partial charge in [-0.1, -0.05) is 18.9 Å². The van der Waals surface area contributed by atoms with Gasteiger partial charge < -0.3 is 24.2 Å². The van der Waals surface area contributed by atoms with E-state index in [1.165, 1.54) is 0 Å². The standard InChI is InChI=1S/C34H37FN4O4/c1-37(2)20-31(40)38-15-16-39-30-18-23(34(41)42)7-9-28(30)32(27-5-3-4-6-29(27)35)33(39)26-10-8-25(17-24(26)19-38)43-21-22-11-13-36-14-12-22/h7-14,17-18,27,29H,3-6,15-16,19-21H2,1-2H3,(H,41,42)/t27-,29-/m0/s1. The lowest BCUT2D eigenvalue weighted by atomic mass is 9.80. The van der Waals surface area contributed by atoms with Crippen molar-refractivity contribution in [3.05, 3.63) is 83.2 Å².